The van der Waals surface area contributed by atoms with Crippen molar-refractivity contribution in [3.8, 4) is 11.5 Å². The number of aryl methyl sites for hydroxylation is 2. The van der Waals surface area contributed by atoms with Crippen LogP contribution in [0.3, 0.4) is 0 Å². The van der Waals surface area contributed by atoms with Gasteiger partial charge < -0.3 is 19.1 Å². The van der Waals surface area contributed by atoms with Crippen LogP contribution in [-0.4, -0.2) is 50.3 Å². The molecule has 0 radical (unpaired) electrons. The summed E-state index contributed by atoms with van der Waals surface area (Å²) in [6.45, 7) is 2.19. The van der Waals surface area contributed by atoms with E-state index in [9.17, 15) is 4.79 Å². The van der Waals surface area contributed by atoms with E-state index < -0.39 is 0 Å². The van der Waals surface area contributed by atoms with Gasteiger partial charge in [0, 0.05) is 6.54 Å². The van der Waals surface area contributed by atoms with E-state index in [1.54, 1.807) is 7.11 Å². The van der Waals surface area contributed by atoms with Crippen molar-refractivity contribution in [1.29, 1.82) is 0 Å². The Labute approximate surface area is 172 Å². The van der Waals surface area contributed by atoms with E-state index in [0.717, 1.165) is 23.5 Å². The molecule has 1 atom stereocenters. The number of benzene rings is 2. The Morgan fingerprint density at radius 3 is 2.83 bits per heavy atom. The third-order valence-corrected chi connectivity index (χ3v) is 5.74. The minimum Gasteiger partial charge on any atom is -0.497 e. The fourth-order valence-corrected chi connectivity index (χ4v) is 4.10. The average molecular weight is 395 g/mol. The van der Waals surface area contributed by atoms with Gasteiger partial charge in [-0.15, -0.1) is 0 Å². The number of hydrogen-bond donors (Lipinski definition) is 0. The highest BCUT2D eigenvalue weighted by atomic mass is 16.5. The molecule has 2 aliphatic rings. The summed E-state index contributed by atoms with van der Waals surface area (Å²) in [4.78, 5) is 14.6. The minimum absolute atomic E-state index is 0.103. The van der Waals surface area contributed by atoms with Gasteiger partial charge in [0.25, 0.3) is 0 Å². The monoisotopic (exact) mass is 395 g/mol. The Hall–Kier alpha value is -2.53. The Morgan fingerprint density at radius 1 is 1.10 bits per heavy atom. The summed E-state index contributed by atoms with van der Waals surface area (Å²) in [6, 6.07) is 14.1. The van der Waals surface area contributed by atoms with Crippen molar-refractivity contribution in [2.45, 2.75) is 38.2 Å². The van der Waals surface area contributed by atoms with Crippen LogP contribution in [0.15, 0.2) is 42.5 Å². The highest BCUT2D eigenvalue weighted by Crippen LogP contribution is 2.25. The van der Waals surface area contributed by atoms with Crippen molar-refractivity contribution in [3.05, 3.63) is 59.2 Å². The molecule has 2 aromatic carbocycles. The van der Waals surface area contributed by atoms with Crippen LogP contribution in [0.25, 0.3) is 0 Å². The normalized spacial score (nSPS) is 18.8. The number of morpholine rings is 1. The van der Waals surface area contributed by atoms with Crippen LogP contribution >= 0.6 is 0 Å². The molecule has 5 nitrogen and oxygen atoms in total. The second-order valence-corrected chi connectivity index (χ2v) is 7.81. The molecule has 4 rings (SSSR count). The molecule has 1 saturated heterocycles. The molecule has 5 heteroatoms. The summed E-state index contributed by atoms with van der Waals surface area (Å²) in [5, 5.41) is 0. The number of methoxy groups -OCH3 is 1. The Balaban J connectivity index is 1.30. The largest absolute Gasteiger partial charge is 0.497 e. The maximum absolute atomic E-state index is 12.7. The maximum atomic E-state index is 12.7. The predicted octanol–water partition coefficient (Wildman–Crippen LogP) is 3.42. The molecule has 0 unspecified atom stereocenters. The summed E-state index contributed by atoms with van der Waals surface area (Å²) < 4.78 is 17.1. The molecule has 29 heavy (non-hydrogen) atoms. The van der Waals surface area contributed by atoms with Gasteiger partial charge in [-0.1, -0.05) is 18.2 Å². The van der Waals surface area contributed by atoms with Crippen LogP contribution in [0.5, 0.6) is 11.5 Å². The molecule has 0 spiro atoms. The zero-order valence-corrected chi connectivity index (χ0v) is 17.1. The van der Waals surface area contributed by atoms with Crippen LogP contribution < -0.4 is 9.47 Å². The molecule has 0 aromatic heterocycles. The van der Waals surface area contributed by atoms with Crippen molar-refractivity contribution in [3.63, 3.8) is 0 Å². The maximum Gasteiger partial charge on any atom is 0.227 e. The molecule has 154 valence electrons. The highest BCUT2D eigenvalue weighted by molar-refractivity contribution is 5.79. The number of amides is 1. The molecular formula is C24H29NO4. The lowest BCUT2D eigenvalue weighted by molar-refractivity contribution is -0.139. The highest BCUT2D eigenvalue weighted by Gasteiger charge is 2.25. The van der Waals surface area contributed by atoms with Crippen molar-refractivity contribution in [2.75, 3.05) is 33.4 Å². The van der Waals surface area contributed by atoms with Crippen molar-refractivity contribution < 1.29 is 19.0 Å². The number of fused-ring (bicyclic) bond motifs is 1. The molecule has 2 aromatic rings. The van der Waals surface area contributed by atoms with Crippen LogP contribution in [0.1, 0.15) is 29.5 Å². The third-order valence-electron chi connectivity index (χ3n) is 5.74. The standard InChI is InChI=1S/C24H29NO4/c1-27-21-8-4-5-18(13-21)14-24(26)25-11-12-28-23(16-25)17-29-22-10-9-19-6-2-3-7-20(19)15-22/h4-5,8-10,13,15,23H,2-3,6-7,11-12,14,16-17H2,1H3/t23-/m1/s1. The SMILES string of the molecule is COc1cccc(CC(=O)N2CCO[C@@H](COc3ccc4c(c3)CCCC4)C2)c1. The minimum atomic E-state index is -0.103. The second kappa shape index (κ2) is 9.31. The number of hydrogen-bond acceptors (Lipinski definition) is 4. The fraction of sp³-hybridized carbons (Fsp3) is 0.458. The number of carbonyl (C=O) groups is 1. The Bertz CT molecular complexity index is 851. The van der Waals surface area contributed by atoms with E-state index in [-0.39, 0.29) is 12.0 Å². The number of nitrogens with zero attached hydrogens (tertiary/aromatic N) is 1. The lowest BCUT2D eigenvalue weighted by Gasteiger charge is -2.33. The molecule has 1 aliphatic heterocycles. The lowest BCUT2D eigenvalue weighted by Crippen LogP contribution is -2.48. The van der Waals surface area contributed by atoms with Crippen LogP contribution in [-0.2, 0) is 28.8 Å². The van der Waals surface area contributed by atoms with Crippen molar-refractivity contribution >= 4 is 5.91 Å². The zero-order valence-electron chi connectivity index (χ0n) is 17.1. The summed E-state index contributed by atoms with van der Waals surface area (Å²) in [6.07, 6.45) is 5.12. The molecule has 1 amide bonds. The average Bonchev–Trinajstić information content (AvgIpc) is 2.78. The van der Waals surface area contributed by atoms with Gasteiger partial charge >= 0.3 is 0 Å². The van der Waals surface area contributed by atoms with Gasteiger partial charge in [-0.25, -0.2) is 0 Å². The Morgan fingerprint density at radius 2 is 1.97 bits per heavy atom. The number of carbonyl (C=O) groups excluding carboxylic acids is 1. The van der Waals surface area contributed by atoms with Crippen molar-refractivity contribution in [2.24, 2.45) is 0 Å². The predicted molar refractivity (Wildman–Crippen MR) is 112 cm³/mol. The van der Waals surface area contributed by atoms with E-state index in [0.29, 0.717) is 32.7 Å². The molecule has 0 saturated carbocycles. The van der Waals surface area contributed by atoms with E-state index in [4.69, 9.17) is 14.2 Å². The van der Waals surface area contributed by atoms with E-state index >= 15 is 0 Å². The quantitative estimate of drug-likeness (QED) is 0.752. The Kier molecular flexibility index (Phi) is 6.35. The first-order valence-corrected chi connectivity index (χ1v) is 10.5. The van der Waals surface area contributed by atoms with E-state index in [1.807, 2.05) is 29.2 Å². The first kappa shape index (κ1) is 19.8. The van der Waals surface area contributed by atoms with Gasteiger partial charge in [-0.3, -0.25) is 4.79 Å². The first-order chi connectivity index (χ1) is 14.2. The molecule has 0 bridgehead atoms. The van der Waals surface area contributed by atoms with Gasteiger partial charge in [-0.05, 0) is 66.6 Å². The fourth-order valence-electron chi connectivity index (χ4n) is 4.10. The van der Waals surface area contributed by atoms with Gasteiger partial charge in [0.05, 0.1) is 26.7 Å². The van der Waals surface area contributed by atoms with Crippen LogP contribution in [0.2, 0.25) is 0 Å². The number of ether oxygens (including phenoxy) is 3. The van der Waals surface area contributed by atoms with Crippen LogP contribution in [0.4, 0.5) is 0 Å². The van der Waals surface area contributed by atoms with Crippen molar-refractivity contribution in [1.82, 2.24) is 4.90 Å². The first-order valence-electron chi connectivity index (χ1n) is 10.5. The molecule has 1 aliphatic carbocycles. The second-order valence-electron chi connectivity index (χ2n) is 7.81. The summed E-state index contributed by atoms with van der Waals surface area (Å²) >= 11 is 0. The van der Waals surface area contributed by atoms with E-state index in [2.05, 4.69) is 18.2 Å². The molecular weight excluding hydrogens is 366 g/mol. The molecule has 0 N–H and O–H groups in total. The zero-order chi connectivity index (χ0) is 20.1. The summed E-state index contributed by atoms with van der Waals surface area (Å²) in [5.41, 5.74) is 3.82. The third kappa shape index (κ3) is 5.10. The smallest absolute Gasteiger partial charge is 0.227 e. The summed E-state index contributed by atoms with van der Waals surface area (Å²) in [5.74, 6) is 1.78. The topological polar surface area (TPSA) is 48.0 Å². The van der Waals surface area contributed by atoms with E-state index in [1.165, 1.54) is 30.4 Å². The van der Waals surface area contributed by atoms with Gasteiger partial charge in [0.15, 0.2) is 0 Å². The van der Waals surface area contributed by atoms with Crippen LogP contribution in [0, 0.1) is 0 Å². The molecule has 1 fully saturated rings. The van der Waals surface area contributed by atoms with Gasteiger partial charge in [-0.2, -0.15) is 0 Å². The van der Waals surface area contributed by atoms with Gasteiger partial charge in [0.2, 0.25) is 5.91 Å². The number of rotatable bonds is 6. The van der Waals surface area contributed by atoms with Gasteiger partial charge in [0.1, 0.15) is 24.2 Å². The molecule has 1 heterocycles. The lowest BCUT2D eigenvalue weighted by atomic mass is 9.92. The summed E-state index contributed by atoms with van der Waals surface area (Å²) in [7, 11) is 1.63.